The summed E-state index contributed by atoms with van der Waals surface area (Å²) in [7, 11) is -2.67. The van der Waals surface area contributed by atoms with Crippen LogP contribution in [0.4, 0.5) is 10.1 Å². The Morgan fingerprint density at radius 1 is 1.00 bits per heavy atom. The van der Waals surface area contributed by atoms with E-state index >= 15 is 0 Å². The number of likely N-dealkylation sites (N-methyl/N-ethyl adjacent to an activating group) is 1. The lowest BCUT2D eigenvalue weighted by atomic mass is 10.1. The highest BCUT2D eigenvalue weighted by Crippen LogP contribution is 2.25. The van der Waals surface area contributed by atoms with E-state index in [1.165, 1.54) is 36.3 Å². The van der Waals surface area contributed by atoms with Crippen molar-refractivity contribution in [3.63, 3.8) is 0 Å². The first-order valence-electron chi connectivity index (χ1n) is 11.7. The van der Waals surface area contributed by atoms with Crippen molar-refractivity contribution >= 4 is 27.5 Å². The Hall–Kier alpha value is -3.92. The lowest BCUT2D eigenvalue weighted by Crippen LogP contribution is -2.51. The zero-order valence-electron chi connectivity index (χ0n) is 20.9. The van der Waals surface area contributed by atoms with E-state index in [1.54, 1.807) is 56.3 Å². The van der Waals surface area contributed by atoms with E-state index in [0.29, 0.717) is 17.9 Å². The molecule has 3 aromatic carbocycles. The van der Waals surface area contributed by atoms with Crippen molar-refractivity contribution in [2.45, 2.75) is 31.3 Å². The standard InChI is InChI=1S/C27H30FN3O5S/c1-4-29-27(33)20(2)30(18-21-9-8-10-24(17-21)36-3)26(32)19-31(23-15-13-22(28)14-16-23)37(34,35)25-11-6-5-7-12-25/h5-17,20H,4,18-19H2,1-3H3,(H,29,33). The normalized spacial score (nSPS) is 11.9. The molecule has 1 atom stereocenters. The van der Waals surface area contributed by atoms with E-state index in [9.17, 15) is 22.4 Å². The molecule has 3 aromatic rings. The van der Waals surface area contributed by atoms with Crippen LogP contribution in [0.5, 0.6) is 5.75 Å². The van der Waals surface area contributed by atoms with Crippen LogP contribution in [-0.2, 0) is 26.2 Å². The average molecular weight is 528 g/mol. The second-order valence-electron chi connectivity index (χ2n) is 8.24. The molecule has 0 radical (unpaired) electrons. The van der Waals surface area contributed by atoms with Gasteiger partial charge in [-0.25, -0.2) is 12.8 Å². The molecule has 0 fully saturated rings. The first-order chi connectivity index (χ1) is 17.7. The summed E-state index contributed by atoms with van der Waals surface area (Å²) in [6.07, 6.45) is 0. The van der Waals surface area contributed by atoms with E-state index in [4.69, 9.17) is 4.74 Å². The van der Waals surface area contributed by atoms with Crippen LogP contribution in [0.2, 0.25) is 0 Å². The summed E-state index contributed by atoms with van der Waals surface area (Å²) in [5, 5.41) is 2.71. The van der Waals surface area contributed by atoms with Gasteiger partial charge in [0.05, 0.1) is 17.7 Å². The molecule has 0 aliphatic carbocycles. The van der Waals surface area contributed by atoms with Crippen LogP contribution in [0.15, 0.2) is 83.8 Å². The molecule has 37 heavy (non-hydrogen) atoms. The van der Waals surface area contributed by atoms with Crippen LogP contribution >= 0.6 is 0 Å². The summed E-state index contributed by atoms with van der Waals surface area (Å²) < 4.78 is 47.0. The maximum atomic E-state index is 13.7. The molecule has 0 saturated carbocycles. The van der Waals surface area contributed by atoms with Crippen molar-refractivity contribution in [2.24, 2.45) is 0 Å². The predicted molar refractivity (Wildman–Crippen MR) is 139 cm³/mol. The summed E-state index contributed by atoms with van der Waals surface area (Å²) in [5.74, 6) is -0.949. The number of hydrogen-bond acceptors (Lipinski definition) is 5. The molecule has 2 amide bonds. The van der Waals surface area contributed by atoms with Crippen LogP contribution in [0.3, 0.4) is 0 Å². The van der Waals surface area contributed by atoms with E-state index in [1.807, 2.05) is 0 Å². The number of rotatable bonds is 11. The average Bonchev–Trinajstić information content (AvgIpc) is 2.91. The van der Waals surface area contributed by atoms with Crippen LogP contribution in [0.1, 0.15) is 19.4 Å². The molecular formula is C27H30FN3O5S. The molecular weight excluding hydrogens is 497 g/mol. The molecule has 10 heteroatoms. The third-order valence-corrected chi connectivity index (χ3v) is 7.52. The number of carbonyl (C=O) groups excluding carboxylic acids is 2. The molecule has 0 aliphatic heterocycles. The fraction of sp³-hybridized carbons (Fsp3) is 0.259. The lowest BCUT2D eigenvalue weighted by Gasteiger charge is -2.32. The number of hydrogen-bond donors (Lipinski definition) is 1. The van der Waals surface area contributed by atoms with Crippen LogP contribution in [-0.4, -0.2) is 51.4 Å². The number of nitrogens with one attached hydrogen (secondary N) is 1. The molecule has 196 valence electrons. The third-order valence-electron chi connectivity index (χ3n) is 5.73. The maximum absolute atomic E-state index is 13.7. The Morgan fingerprint density at radius 2 is 1.68 bits per heavy atom. The number of carbonyl (C=O) groups is 2. The number of ether oxygens (including phenoxy) is 1. The van der Waals surface area contributed by atoms with Gasteiger partial charge in [0.15, 0.2) is 0 Å². The van der Waals surface area contributed by atoms with Gasteiger partial charge in [0.2, 0.25) is 11.8 Å². The SMILES string of the molecule is CCNC(=O)C(C)N(Cc1cccc(OC)c1)C(=O)CN(c1ccc(F)cc1)S(=O)(=O)c1ccccc1. The Balaban J connectivity index is 2.01. The fourth-order valence-electron chi connectivity index (χ4n) is 3.73. The second-order valence-corrected chi connectivity index (χ2v) is 10.1. The molecule has 0 aromatic heterocycles. The van der Waals surface area contributed by atoms with Crippen molar-refractivity contribution < 1.29 is 27.1 Å². The molecule has 0 aliphatic rings. The quantitative estimate of drug-likeness (QED) is 0.411. The number of halogens is 1. The Bertz CT molecular complexity index is 1320. The molecule has 8 nitrogen and oxygen atoms in total. The Morgan fingerprint density at radius 3 is 2.30 bits per heavy atom. The van der Waals surface area contributed by atoms with Gasteiger partial charge in [0.1, 0.15) is 24.2 Å². The van der Waals surface area contributed by atoms with Gasteiger partial charge in [0, 0.05) is 13.1 Å². The monoisotopic (exact) mass is 527 g/mol. The lowest BCUT2D eigenvalue weighted by molar-refractivity contribution is -0.139. The minimum absolute atomic E-state index is 0.0248. The number of nitrogens with zero attached hydrogens (tertiary/aromatic N) is 2. The Labute approximate surface area is 216 Å². The number of amides is 2. The first kappa shape index (κ1) is 27.7. The van der Waals surface area contributed by atoms with E-state index < -0.39 is 34.3 Å². The van der Waals surface area contributed by atoms with Crippen LogP contribution in [0.25, 0.3) is 0 Å². The highest BCUT2D eigenvalue weighted by molar-refractivity contribution is 7.92. The van der Waals surface area contributed by atoms with Gasteiger partial charge in [-0.05, 0) is 67.9 Å². The summed E-state index contributed by atoms with van der Waals surface area (Å²) >= 11 is 0. The maximum Gasteiger partial charge on any atom is 0.264 e. The minimum Gasteiger partial charge on any atom is -0.497 e. The zero-order chi connectivity index (χ0) is 27.0. The second kappa shape index (κ2) is 12.4. The topological polar surface area (TPSA) is 96.0 Å². The Kier molecular flexibility index (Phi) is 9.24. The fourth-order valence-corrected chi connectivity index (χ4v) is 5.16. The minimum atomic E-state index is -4.19. The van der Waals surface area contributed by atoms with Gasteiger partial charge < -0.3 is 15.0 Å². The van der Waals surface area contributed by atoms with Crippen molar-refractivity contribution in [3.8, 4) is 5.75 Å². The van der Waals surface area contributed by atoms with Crippen molar-refractivity contribution in [3.05, 3.63) is 90.2 Å². The molecule has 0 saturated heterocycles. The van der Waals surface area contributed by atoms with Gasteiger partial charge in [0.25, 0.3) is 10.0 Å². The molecule has 0 spiro atoms. The highest BCUT2D eigenvalue weighted by atomic mass is 32.2. The van der Waals surface area contributed by atoms with Gasteiger partial charge in [-0.2, -0.15) is 0 Å². The van der Waals surface area contributed by atoms with Gasteiger partial charge in [-0.3, -0.25) is 13.9 Å². The number of methoxy groups -OCH3 is 1. The summed E-state index contributed by atoms with van der Waals surface area (Å²) in [4.78, 5) is 27.7. The third kappa shape index (κ3) is 6.85. The van der Waals surface area contributed by atoms with Crippen LogP contribution in [0, 0.1) is 5.82 Å². The number of sulfonamides is 1. The number of benzene rings is 3. The molecule has 0 heterocycles. The van der Waals surface area contributed by atoms with Gasteiger partial charge in [-0.15, -0.1) is 0 Å². The molecule has 1 unspecified atom stereocenters. The van der Waals surface area contributed by atoms with E-state index in [2.05, 4.69) is 5.32 Å². The smallest absolute Gasteiger partial charge is 0.264 e. The van der Waals surface area contributed by atoms with Crippen molar-refractivity contribution in [1.82, 2.24) is 10.2 Å². The molecule has 1 N–H and O–H groups in total. The van der Waals surface area contributed by atoms with Gasteiger partial charge in [-0.1, -0.05) is 30.3 Å². The summed E-state index contributed by atoms with van der Waals surface area (Å²) in [6.45, 7) is 3.15. The summed E-state index contributed by atoms with van der Waals surface area (Å²) in [5.41, 5.74) is 0.814. The highest BCUT2D eigenvalue weighted by Gasteiger charge is 2.32. The summed E-state index contributed by atoms with van der Waals surface area (Å²) in [6, 6.07) is 18.6. The largest absolute Gasteiger partial charge is 0.497 e. The molecule has 0 bridgehead atoms. The zero-order valence-corrected chi connectivity index (χ0v) is 21.7. The first-order valence-corrected chi connectivity index (χ1v) is 13.1. The van der Waals surface area contributed by atoms with Crippen molar-refractivity contribution in [1.29, 1.82) is 0 Å². The van der Waals surface area contributed by atoms with Crippen molar-refractivity contribution in [2.75, 3.05) is 24.5 Å². The predicted octanol–water partition coefficient (Wildman–Crippen LogP) is 3.58. The number of anilines is 1. The van der Waals surface area contributed by atoms with E-state index in [0.717, 1.165) is 16.4 Å². The van der Waals surface area contributed by atoms with E-state index in [-0.39, 0.29) is 23.0 Å². The van der Waals surface area contributed by atoms with Gasteiger partial charge >= 0.3 is 0 Å². The molecule has 3 rings (SSSR count). The van der Waals surface area contributed by atoms with Crippen LogP contribution < -0.4 is 14.4 Å².